The highest BCUT2D eigenvalue weighted by atomic mass is 32.2. The maximum absolute atomic E-state index is 15.6. The van der Waals surface area contributed by atoms with Gasteiger partial charge in [0.05, 0.1) is 0 Å². The van der Waals surface area contributed by atoms with Gasteiger partial charge in [-0.2, -0.15) is 0 Å². The van der Waals surface area contributed by atoms with Gasteiger partial charge < -0.3 is 14.4 Å². The van der Waals surface area contributed by atoms with Crippen LogP contribution in [0.5, 0.6) is 11.5 Å². The van der Waals surface area contributed by atoms with E-state index in [-0.39, 0.29) is 54.3 Å². The molecule has 7 rings (SSSR count). The van der Waals surface area contributed by atoms with Gasteiger partial charge in [0.15, 0.2) is 23.1 Å². The number of benzene rings is 3. The lowest BCUT2D eigenvalue weighted by molar-refractivity contribution is 0.0679. The fourth-order valence-corrected chi connectivity index (χ4v) is 6.96. The van der Waals surface area contributed by atoms with E-state index in [0.29, 0.717) is 18.5 Å². The molecule has 7 nitrogen and oxygen atoms in total. The molecule has 4 heterocycles. The molecule has 2 bridgehead atoms. The number of carbonyl (C=O) groups excluding carboxylic acids is 1. The van der Waals surface area contributed by atoms with Crippen molar-refractivity contribution in [1.82, 2.24) is 9.58 Å². The number of ether oxygens (including phenoxy) is 2. The number of nitrogens with zero attached hydrogens (tertiary/aromatic N) is 3. The van der Waals surface area contributed by atoms with Gasteiger partial charge >= 0.3 is 0 Å². The highest BCUT2D eigenvalue weighted by Gasteiger charge is 2.41. The molecule has 43 heavy (non-hydrogen) atoms. The van der Waals surface area contributed by atoms with Crippen LogP contribution in [-0.4, -0.2) is 35.3 Å². The first-order valence-corrected chi connectivity index (χ1v) is 15.0. The van der Waals surface area contributed by atoms with Crippen LogP contribution in [0.1, 0.15) is 45.2 Å². The summed E-state index contributed by atoms with van der Waals surface area (Å²) in [6, 6.07) is 18.9. The van der Waals surface area contributed by atoms with Crippen molar-refractivity contribution in [1.29, 1.82) is 0 Å². The number of aromatic nitrogens is 1. The van der Waals surface area contributed by atoms with Crippen LogP contribution >= 0.6 is 11.8 Å². The summed E-state index contributed by atoms with van der Waals surface area (Å²) in [5, 5.41) is 1.91. The molecular formula is C33H27F2N3O4S. The Morgan fingerprint density at radius 3 is 2.67 bits per heavy atom. The number of amides is 1. The molecule has 3 aliphatic rings. The van der Waals surface area contributed by atoms with Gasteiger partial charge in [-0.05, 0) is 23.6 Å². The van der Waals surface area contributed by atoms with E-state index in [4.69, 9.17) is 9.47 Å². The number of rotatable bonds is 3. The second-order valence-electron chi connectivity index (χ2n) is 10.5. The van der Waals surface area contributed by atoms with Crippen molar-refractivity contribution in [3.63, 3.8) is 0 Å². The summed E-state index contributed by atoms with van der Waals surface area (Å²) >= 11 is 1.42. The van der Waals surface area contributed by atoms with Gasteiger partial charge in [-0.3, -0.25) is 19.3 Å². The molecule has 1 amide bonds. The first kappa shape index (κ1) is 27.3. The highest BCUT2D eigenvalue weighted by molar-refractivity contribution is 7.98. The van der Waals surface area contributed by atoms with Gasteiger partial charge in [-0.1, -0.05) is 60.7 Å². The molecule has 0 spiro atoms. The normalized spacial score (nSPS) is 18.2. The molecule has 0 aliphatic carbocycles. The van der Waals surface area contributed by atoms with E-state index >= 15 is 4.39 Å². The summed E-state index contributed by atoms with van der Waals surface area (Å²) in [4.78, 5) is 29.9. The molecule has 0 saturated heterocycles. The minimum absolute atomic E-state index is 0.0630. The molecule has 1 atom stereocenters. The largest absolute Gasteiger partial charge is 0.489 e. The van der Waals surface area contributed by atoms with E-state index in [1.165, 1.54) is 17.8 Å². The van der Waals surface area contributed by atoms with Crippen LogP contribution in [0.15, 0.2) is 94.8 Å². The summed E-state index contributed by atoms with van der Waals surface area (Å²) < 4.78 is 44.4. The van der Waals surface area contributed by atoms with E-state index in [2.05, 4.69) is 0 Å². The summed E-state index contributed by atoms with van der Waals surface area (Å²) in [7, 11) is 0. The van der Waals surface area contributed by atoms with Gasteiger partial charge in [0.2, 0.25) is 5.43 Å². The quantitative estimate of drug-likeness (QED) is 0.278. The van der Waals surface area contributed by atoms with Crippen LogP contribution in [0.4, 0.5) is 8.78 Å². The zero-order valence-electron chi connectivity index (χ0n) is 23.0. The smallest absolute Gasteiger partial charge is 0.277 e. The summed E-state index contributed by atoms with van der Waals surface area (Å²) in [6.07, 6.45) is 5.78. The number of fused-ring (bicyclic) bond motifs is 7. The zero-order chi connectivity index (χ0) is 29.5. The van der Waals surface area contributed by atoms with Gasteiger partial charge in [0.25, 0.3) is 5.91 Å². The van der Waals surface area contributed by atoms with Crippen molar-refractivity contribution in [3.8, 4) is 11.5 Å². The van der Waals surface area contributed by atoms with Crippen molar-refractivity contribution in [3.05, 3.63) is 135 Å². The number of pyridine rings is 1. The maximum atomic E-state index is 15.6. The molecule has 0 radical (unpaired) electrons. The highest BCUT2D eigenvalue weighted by Crippen LogP contribution is 2.47. The fraction of sp³-hybridized carbons (Fsp3) is 0.212. The Kier molecular flexibility index (Phi) is 7.14. The Labute approximate surface area is 250 Å². The van der Waals surface area contributed by atoms with Crippen LogP contribution in [0, 0.1) is 11.6 Å². The van der Waals surface area contributed by atoms with Gasteiger partial charge in [-0.25, -0.2) is 8.78 Å². The Hall–Kier alpha value is -4.57. The Bertz CT molecular complexity index is 1810. The Morgan fingerprint density at radius 1 is 1.00 bits per heavy atom. The van der Waals surface area contributed by atoms with E-state index in [1.54, 1.807) is 15.8 Å². The molecule has 218 valence electrons. The van der Waals surface area contributed by atoms with Crippen LogP contribution in [0.25, 0.3) is 0 Å². The summed E-state index contributed by atoms with van der Waals surface area (Å²) in [5.74, 6) is -1.89. The fourth-order valence-electron chi connectivity index (χ4n) is 5.86. The molecule has 0 N–H and O–H groups in total. The SMILES string of the molecule is O=C1c2c(OCc3ccccc3)c(=O)ccn2N2CN1CC/C=C/COc1cc(F)c(F)c3c1[C@@H]2c1ccccc1SC3. The average molecular weight is 600 g/mol. The third-order valence-electron chi connectivity index (χ3n) is 7.89. The second-order valence-corrected chi connectivity index (χ2v) is 11.5. The molecule has 1 aromatic heterocycles. The third kappa shape index (κ3) is 4.85. The topological polar surface area (TPSA) is 64.0 Å². The van der Waals surface area contributed by atoms with Crippen molar-refractivity contribution < 1.29 is 23.0 Å². The zero-order valence-corrected chi connectivity index (χ0v) is 23.9. The third-order valence-corrected chi connectivity index (χ3v) is 9.01. The van der Waals surface area contributed by atoms with E-state index in [9.17, 15) is 14.0 Å². The lowest BCUT2D eigenvalue weighted by atomic mass is 9.92. The molecule has 10 heteroatoms. The predicted molar refractivity (Wildman–Crippen MR) is 159 cm³/mol. The molecular weight excluding hydrogens is 572 g/mol. The molecule has 4 aromatic rings. The van der Waals surface area contributed by atoms with Crippen molar-refractivity contribution in [2.75, 3.05) is 24.8 Å². The van der Waals surface area contributed by atoms with Crippen molar-refractivity contribution in [2.45, 2.75) is 29.7 Å². The minimum atomic E-state index is -0.980. The predicted octanol–water partition coefficient (Wildman–Crippen LogP) is 5.79. The van der Waals surface area contributed by atoms with E-state index in [1.807, 2.05) is 71.8 Å². The first-order valence-electron chi connectivity index (χ1n) is 14.0. The van der Waals surface area contributed by atoms with Gasteiger partial charge in [0, 0.05) is 46.6 Å². The van der Waals surface area contributed by atoms with Crippen LogP contribution in [0.2, 0.25) is 0 Å². The van der Waals surface area contributed by atoms with Crippen LogP contribution in [-0.2, 0) is 12.4 Å². The number of thioether (sulfide) groups is 1. The number of hydrogen-bond donors (Lipinski definition) is 0. The number of hydrogen-bond acceptors (Lipinski definition) is 6. The molecule has 3 aliphatic heterocycles. The molecule has 0 saturated carbocycles. The Balaban J connectivity index is 1.47. The number of halogens is 2. The second kappa shape index (κ2) is 11.3. The van der Waals surface area contributed by atoms with E-state index in [0.717, 1.165) is 22.1 Å². The monoisotopic (exact) mass is 599 g/mol. The first-order chi connectivity index (χ1) is 21.0. The lowest BCUT2D eigenvalue weighted by Crippen LogP contribution is -2.56. The lowest BCUT2D eigenvalue weighted by Gasteiger charge is -2.44. The van der Waals surface area contributed by atoms with E-state index < -0.39 is 23.1 Å². The van der Waals surface area contributed by atoms with Gasteiger partial charge in [-0.15, -0.1) is 11.8 Å². The minimum Gasteiger partial charge on any atom is -0.489 e. The standard InChI is InChI=1S/C33H27F2N3O4S/c34-24-17-26-28-23(29(24)35)19-43-27-12-6-5-11-22(27)30(28)38-20-36(14-7-2-8-16-41-26)33(40)31-32(25(39)13-15-37(31)38)42-18-21-9-3-1-4-10-21/h1-6,8-13,15,17,30H,7,14,16,18-20H2/b8-2+/t30-/m0/s1. The molecule has 3 aromatic carbocycles. The summed E-state index contributed by atoms with van der Waals surface area (Å²) in [6.45, 7) is 0.751. The average Bonchev–Trinajstić information content (AvgIpc) is 3.19. The molecule has 0 unspecified atom stereocenters. The van der Waals surface area contributed by atoms with Crippen LogP contribution in [0.3, 0.4) is 0 Å². The number of carbonyl (C=O) groups is 1. The molecule has 0 fully saturated rings. The maximum Gasteiger partial charge on any atom is 0.277 e. The van der Waals surface area contributed by atoms with Crippen molar-refractivity contribution in [2.24, 2.45) is 0 Å². The van der Waals surface area contributed by atoms with Crippen LogP contribution < -0.4 is 19.9 Å². The van der Waals surface area contributed by atoms with Gasteiger partial charge in [0.1, 0.15) is 31.7 Å². The Morgan fingerprint density at radius 2 is 1.81 bits per heavy atom. The summed E-state index contributed by atoms with van der Waals surface area (Å²) in [5.41, 5.74) is 2.03. The van der Waals surface area contributed by atoms with Crippen molar-refractivity contribution >= 4 is 17.7 Å².